The molecule has 0 saturated carbocycles. The first kappa shape index (κ1) is 23.8. The Morgan fingerprint density at radius 1 is 1.09 bits per heavy atom. The molecule has 0 amide bonds. The normalized spacial score (nSPS) is 9.61. The van der Waals surface area contributed by atoms with Crippen LogP contribution in [0.1, 0.15) is 40.0 Å². The van der Waals surface area contributed by atoms with E-state index in [1.807, 2.05) is 0 Å². The molecule has 8 heteroatoms. The third kappa shape index (κ3) is 18.5. The molecule has 23 heavy (non-hydrogen) atoms. The van der Waals surface area contributed by atoms with Crippen LogP contribution in [0, 0.1) is 0 Å². The van der Waals surface area contributed by atoms with Crippen molar-refractivity contribution in [3.05, 3.63) is 30.3 Å². The zero-order valence-electron chi connectivity index (χ0n) is 13.5. The first-order chi connectivity index (χ1) is 10.6. The Morgan fingerprint density at radius 2 is 1.57 bits per heavy atom. The van der Waals surface area contributed by atoms with Crippen molar-refractivity contribution in [3.63, 3.8) is 0 Å². The Balaban J connectivity index is 0. The molecule has 0 heterocycles. The van der Waals surface area contributed by atoms with Gasteiger partial charge < -0.3 is 4.74 Å². The van der Waals surface area contributed by atoms with Crippen LogP contribution >= 0.6 is 11.6 Å². The van der Waals surface area contributed by atoms with Crippen LogP contribution in [0.3, 0.4) is 0 Å². The van der Waals surface area contributed by atoms with Crippen molar-refractivity contribution in [1.82, 2.24) is 0 Å². The minimum Gasteiger partial charge on any atom is -0.394 e. The fraction of sp³-hybridized carbons (Fsp3) is 0.467. The molecule has 0 aromatic heterocycles. The van der Waals surface area contributed by atoms with Gasteiger partial charge in [-0.15, -0.1) is 11.6 Å². The highest BCUT2D eigenvalue weighted by molar-refractivity contribution is 7.85. The fourth-order valence-electron chi connectivity index (χ4n) is 1.14. The van der Waals surface area contributed by atoms with Gasteiger partial charge in [0.1, 0.15) is 0 Å². The molecule has 1 aromatic rings. The molecule has 0 aliphatic rings. The lowest BCUT2D eigenvalue weighted by atomic mass is 10.3. The molecule has 0 saturated heterocycles. The number of carbonyl (C=O) groups excluding carboxylic acids is 2. The van der Waals surface area contributed by atoms with Crippen molar-refractivity contribution in [2.75, 3.05) is 5.88 Å². The summed E-state index contributed by atoms with van der Waals surface area (Å²) in [6.45, 7) is 4.54. The molecule has 0 aliphatic carbocycles. The maximum atomic E-state index is 10.4. The van der Waals surface area contributed by atoms with Crippen molar-refractivity contribution < 1.29 is 27.3 Å². The summed E-state index contributed by atoms with van der Waals surface area (Å²) in [4.78, 5) is 19.5. The van der Waals surface area contributed by atoms with E-state index >= 15 is 0 Å². The lowest BCUT2D eigenvalue weighted by molar-refractivity contribution is -0.156. The second kappa shape index (κ2) is 14.2. The predicted octanol–water partition coefficient (Wildman–Crippen LogP) is 3.44. The summed E-state index contributed by atoms with van der Waals surface area (Å²) in [5.41, 5.74) is 0. The van der Waals surface area contributed by atoms with Crippen LogP contribution in [-0.4, -0.2) is 30.8 Å². The fourth-order valence-corrected chi connectivity index (χ4v) is 1.83. The maximum absolute atomic E-state index is 10.4. The van der Waals surface area contributed by atoms with Crippen LogP contribution in [0.2, 0.25) is 0 Å². The molecular formula is C15H23ClO6S. The van der Waals surface area contributed by atoms with Gasteiger partial charge in [-0.1, -0.05) is 38.0 Å². The molecule has 0 fully saturated rings. The van der Waals surface area contributed by atoms with E-state index in [2.05, 4.69) is 11.7 Å². The van der Waals surface area contributed by atoms with Crippen LogP contribution < -0.4 is 0 Å². The van der Waals surface area contributed by atoms with Gasteiger partial charge in [0, 0.05) is 19.7 Å². The highest BCUT2D eigenvalue weighted by atomic mass is 35.5. The second-order valence-electron chi connectivity index (χ2n) is 4.27. The van der Waals surface area contributed by atoms with E-state index in [1.54, 1.807) is 18.2 Å². The van der Waals surface area contributed by atoms with Gasteiger partial charge in [-0.3, -0.25) is 14.1 Å². The number of benzene rings is 1. The Kier molecular flexibility index (Phi) is 14.7. The van der Waals surface area contributed by atoms with E-state index in [4.69, 9.17) is 16.2 Å². The number of hydrogen-bond donors (Lipinski definition) is 1. The molecule has 0 atom stereocenters. The minimum atomic E-state index is -4.00. The van der Waals surface area contributed by atoms with Crippen molar-refractivity contribution in [2.45, 2.75) is 44.9 Å². The Bertz CT molecular complexity index is 526. The summed E-state index contributed by atoms with van der Waals surface area (Å²) < 4.78 is 33.2. The number of unbranched alkanes of at least 4 members (excludes halogenated alkanes) is 2. The van der Waals surface area contributed by atoms with Gasteiger partial charge >= 0.3 is 11.9 Å². The molecule has 0 bridgehead atoms. The number of rotatable bonds is 4. The molecular weight excluding hydrogens is 344 g/mol. The van der Waals surface area contributed by atoms with Crippen molar-refractivity contribution in [2.24, 2.45) is 0 Å². The van der Waals surface area contributed by atoms with E-state index < -0.39 is 22.1 Å². The second-order valence-corrected chi connectivity index (χ2v) is 6.07. The smallest absolute Gasteiger partial charge is 0.310 e. The average Bonchev–Trinajstić information content (AvgIpc) is 2.45. The minimum absolute atomic E-state index is 0.0741. The summed E-state index contributed by atoms with van der Waals surface area (Å²) in [6.07, 6.45) is 3.73. The largest absolute Gasteiger partial charge is 0.394 e. The van der Waals surface area contributed by atoms with Gasteiger partial charge in [0.15, 0.2) is 0 Å². The molecule has 0 unspecified atom stereocenters. The average molecular weight is 367 g/mol. The number of hydrogen-bond acceptors (Lipinski definition) is 5. The lowest BCUT2D eigenvalue weighted by Crippen LogP contribution is -2.03. The molecule has 1 rings (SSSR count). The highest BCUT2D eigenvalue weighted by Crippen LogP contribution is 2.05. The SMILES string of the molecule is CC(=O)OC(C)=O.CCCCCCl.O=S(=O)(O)c1ccccc1. The highest BCUT2D eigenvalue weighted by Gasteiger charge is 2.05. The third-order valence-electron chi connectivity index (χ3n) is 2.07. The maximum Gasteiger partial charge on any atom is 0.310 e. The quantitative estimate of drug-likeness (QED) is 0.288. The van der Waals surface area contributed by atoms with Gasteiger partial charge in [0.25, 0.3) is 10.1 Å². The Hall–Kier alpha value is -1.44. The summed E-state index contributed by atoms with van der Waals surface area (Å²) >= 11 is 5.38. The molecule has 6 nitrogen and oxygen atoms in total. The molecule has 1 N–H and O–H groups in total. The third-order valence-corrected chi connectivity index (χ3v) is 3.20. The molecule has 0 spiro atoms. The van der Waals surface area contributed by atoms with Crippen molar-refractivity contribution in [1.29, 1.82) is 0 Å². The van der Waals surface area contributed by atoms with Gasteiger partial charge in [-0.05, 0) is 18.6 Å². The van der Waals surface area contributed by atoms with Crippen LogP contribution in [0.4, 0.5) is 0 Å². The van der Waals surface area contributed by atoms with E-state index in [-0.39, 0.29) is 4.90 Å². The number of halogens is 1. The lowest BCUT2D eigenvalue weighted by Gasteiger charge is -1.92. The molecule has 132 valence electrons. The zero-order valence-corrected chi connectivity index (χ0v) is 15.1. The Morgan fingerprint density at radius 3 is 1.74 bits per heavy atom. The summed E-state index contributed by atoms with van der Waals surface area (Å²) in [5, 5.41) is 0. The standard InChI is InChI=1S/C6H6O3S.C5H11Cl.C4H6O3/c7-10(8,9)6-4-2-1-3-5-6;1-2-3-4-5-6;1-3(5)7-4(2)6/h1-5H,(H,7,8,9);2-5H2,1H3;1-2H3. The predicted molar refractivity (Wildman–Crippen MR) is 88.9 cm³/mol. The van der Waals surface area contributed by atoms with Gasteiger partial charge in [-0.2, -0.15) is 8.42 Å². The first-order valence-corrected chi connectivity index (χ1v) is 8.90. The van der Waals surface area contributed by atoms with Crippen molar-refractivity contribution >= 4 is 33.7 Å². The van der Waals surface area contributed by atoms with Crippen LogP contribution in [-0.2, 0) is 24.4 Å². The molecule has 0 aliphatic heterocycles. The first-order valence-electron chi connectivity index (χ1n) is 6.92. The monoisotopic (exact) mass is 366 g/mol. The molecule has 0 radical (unpaired) electrons. The number of esters is 2. The van der Waals surface area contributed by atoms with E-state index in [0.717, 1.165) is 5.88 Å². The zero-order chi connectivity index (χ0) is 18.3. The van der Waals surface area contributed by atoms with E-state index in [9.17, 15) is 18.0 Å². The van der Waals surface area contributed by atoms with Crippen LogP contribution in [0.5, 0.6) is 0 Å². The number of alkyl halides is 1. The topological polar surface area (TPSA) is 97.7 Å². The Labute approximate surface area is 142 Å². The van der Waals surface area contributed by atoms with E-state index in [0.29, 0.717) is 0 Å². The molecule has 1 aromatic carbocycles. The van der Waals surface area contributed by atoms with Crippen LogP contribution in [0.15, 0.2) is 35.2 Å². The van der Waals surface area contributed by atoms with Gasteiger partial charge in [0.2, 0.25) is 0 Å². The van der Waals surface area contributed by atoms with E-state index in [1.165, 1.54) is 45.2 Å². The summed E-state index contributed by atoms with van der Waals surface area (Å²) in [7, 11) is -4.00. The summed E-state index contributed by atoms with van der Waals surface area (Å²) in [6, 6.07) is 7.42. The van der Waals surface area contributed by atoms with Crippen LogP contribution in [0.25, 0.3) is 0 Å². The number of ether oxygens (including phenoxy) is 1. The van der Waals surface area contributed by atoms with Gasteiger partial charge in [-0.25, -0.2) is 0 Å². The number of carbonyl (C=O) groups is 2. The summed E-state index contributed by atoms with van der Waals surface area (Å²) in [5.74, 6) is -0.298. The van der Waals surface area contributed by atoms with Gasteiger partial charge in [0.05, 0.1) is 4.90 Å². The van der Waals surface area contributed by atoms with Crippen molar-refractivity contribution in [3.8, 4) is 0 Å².